The molecular formula is C19H33IN2O2. The highest BCUT2D eigenvalue weighted by Gasteiger charge is 2.19. The molecule has 4 nitrogen and oxygen atoms in total. The third-order valence-corrected chi connectivity index (χ3v) is 4.30. The lowest BCUT2D eigenvalue weighted by Crippen LogP contribution is -2.46. The second-order valence-corrected chi connectivity index (χ2v) is 6.56. The van der Waals surface area contributed by atoms with Crippen molar-refractivity contribution in [3.05, 3.63) is 35.8 Å². The highest BCUT2D eigenvalue weighted by molar-refractivity contribution is 14.0. The zero-order valence-corrected chi connectivity index (χ0v) is 17.7. The van der Waals surface area contributed by atoms with Crippen molar-refractivity contribution < 1.29 is 14.3 Å². The number of unbranched alkanes of at least 4 members (excludes halogenated alkanes) is 2. The molecule has 0 radical (unpaired) electrons. The van der Waals surface area contributed by atoms with Crippen LogP contribution in [-0.4, -0.2) is 43.5 Å². The molecule has 0 spiro atoms. The predicted octanol–water partition coefficient (Wildman–Crippen LogP) is 3.78. The maximum Gasteiger partial charge on any atom is 0.0792 e. The fraction of sp³-hybridized carbons (Fsp3) is 0.632. The molecule has 0 aromatic carbocycles. The molecule has 0 atom stereocenters. The highest BCUT2D eigenvalue weighted by atomic mass is 127. The molecule has 0 heterocycles. The van der Waals surface area contributed by atoms with Gasteiger partial charge >= 0.3 is 0 Å². The Labute approximate surface area is 164 Å². The first-order valence-electron chi connectivity index (χ1n) is 8.83. The monoisotopic (exact) mass is 448 g/mol. The normalized spacial score (nSPS) is 13.8. The van der Waals surface area contributed by atoms with Crippen molar-refractivity contribution in [1.82, 2.24) is 0 Å². The Balaban J connectivity index is 0.00000529. The lowest BCUT2D eigenvalue weighted by atomic mass is 10.1. The Bertz CT molecular complexity index is 444. The standard InChI is InChI=1S/C19H32N2O2.HI/c1-4-6-13-21(3,14-7-5-2)15-8-16-23-19(22)17-9-11-18(20)12-10-17;/h9-12H,4-8,13-16H2,1-3H3,(H-,20,22);1H. The van der Waals surface area contributed by atoms with Crippen molar-refractivity contribution in [3.63, 3.8) is 0 Å². The van der Waals surface area contributed by atoms with E-state index in [2.05, 4.69) is 20.9 Å². The summed E-state index contributed by atoms with van der Waals surface area (Å²) < 4.78 is 6.44. The molecule has 0 aromatic heterocycles. The Hall–Kier alpha value is -0.820. The Morgan fingerprint density at radius 1 is 1.00 bits per heavy atom. The first-order valence-corrected chi connectivity index (χ1v) is 8.83. The van der Waals surface area contributed by atoms with Crippen LogP contribution in [-0.2, 0) is 4.74 Å². The summed E-state index contributed by atoms with van der Waals surface area (Å²) in [5.41, 5.74) is 0.927. The van der Waals surface area contributed by atoms with E-state index >= 15 is 0 Å². The van der Waals surface area contributed by atoms with Gasteiger partial charge in [0, 0.05) is 6.42 Å². The Morgan fingerprint density at radius 2 is 1.50 bits per heavy atom. The van der Waals surface area contributed by atoms with Gasteiger partial charge in [-0.15, -0.1) is 24.0 Å². The van der Waals surface area contributed by atoms with Gasteiger partial charge in [-0.25, -0.2) is 0 Å². The largest absolute Gasteiger partial charge is 0.613 e. The SMILES string of the molecule is CCCC[N+](C)(CCCC)CCCOC([O-])=C1C=CC(=N)C=C1.I. The molecule has 24 heavy (non-hydrogen) atoms. The van der Waals surface area contributed by atoms with Gasteiger partial charge in [-0.05, 0) is 37.2 Å². The zero-order chi connectivity index (χ0) is 17.1. The minimum atomic E-state index is -0.290. The summed E-state index contributed by atoms with van der Waals surface area (Å²) in [6.45, 7) is 8.39. The Morgan fingerprint density at radius 3 is 2.00 bits per heavy atom. The smallest absolute Gasteiger partial charge is 0.0792 e. The molecule has 138 valence electrons. The molecule has 0 unspecified atom stereocenters. The lowest BCUT2D eigenvalue weighted by molar-refractivity contribution is -0.910. The van der Waals surface area contributed by atoms with E-state index < -0.39 is 0 Å². The van der Waals surface area contributed by atoms with E-state index in [1.807, 2.05) is 0 Å². The number of quaternary nitrogens is 1. The third kappa shape index (κ3) is 8.87. The summed E-state index contributed by atoms with van der Waals surface area (Å²) in [4.78, 5) is 0. The number of rotatable bonds is 11. The van der Waals surface area contributed by atoms with E-state index in [1.165, 1.54) is 38.8 Å². The number of ether oxygens (including phenoxy) is 1. The number of halogens is 1. The van der Waals surface area contributed by atoms with Crippen molar-refractivity contribution >= 4 is 29.7 Å². The van der Waals surface area contributed by atoms with E-state index in [1.54, 1.807) is 24.3 Å². The van der Waals surface area contributed by atoms with Crippen LogP contribution in [0.4, 0.5) is 0 Å². The molecule has 0 saturated carbocycles. The minimum absolute atomic E-state index is 0. The lowest BCUT2D eigenvalue weighted by Gasteiger charge is -2.35. The molecule has 0 bridgehead atoms. The van der Waals surface area contributed by atoms with Gasteiger partial charge < -0.3 is 19.7 Å². The van der Waals surface area contributed by atoms with Crippen molar-refractivity contribution in [3.8, 4) is 0 Å². The molecule has 0 aromatic rings. The van der Waals surface area contributed by atoms with E-state index in [0.717, 1.165) is 17.4 Å². The molecule has 5 heteroatoms. The fourth-order valence-corrected chi connectivity index (χ4v) is 2.72. The predicted molar refractivity (Wildman–Crippen MR) is 110 cm³/mol. The van der Waals surface area contributed by atoms with E-state index in [0.29, 0.717) is 17.9 Å². The van der Waals surface area contributed by atoms with Gasteiger partial charge in [-0.3, -0.25) is 0 Å². The van der Waals surface area contributed by atoms with Gasteiger partial charge in [0.1, 0.15) is 0 Å². The van der Waals surface area contributed by atoms with Gasteiger partial charge in [-0.2, -0.15) is 0 Å². The molecule has 0 fully saturated rings. The zero-order valence-electron chi connectivity index (χ0n) is 15.3. The first kappa shape index (κ1) is 23.2. The second-order valence-electron chi connectivity index (χ2n) is 6.56. The number of nitrogens with zero attached hydrogens (tertiary/aromatic N) is 1. The minimum Gasteiger partial charge on any atom is -0.613 e. The highest BCUT2D eigenvalue weighted by Crippen LogP contribution is 2.12. The maximum atomic E-state index is 11.9. The molecule has 0 aliphatic heterocycles. The van der Waals surface area contributed by atoms with E-state index in [9.17, 15) is 5.11 Å². The van der Waals surface area contributed by atoms with Crippen LogP contribution in [0.2, 0.25) is 0 Å². The fourth-order valence-electron chi connectivity index (χ4n) is 2.72. The molecule has 0 saturated heterocycles. The van der Waals surface area contributed by atoms with E-state index in [-0.39, 0.29) is 29.9 Å². The van der Waals surface area contributed by atoms with Gasteiger partial charge in [0.2, 0.25) is 0 Å². The molecule has 1 aliphatic carbocycles. The average molecular weight is 448 g/mol. The van der Waals surface area contributed by atoms with Gasteiger partial charge in [0.25, 0.3) is 0 Å². The van der Waals surface area contributed by atoms with Crippen LogP contribution in [0.3, 0.4) is 0 Å². The van der Waals surface area contributed by atoms with Gasteiger partial charge in [0.05, 0.1) is 38.3 Å². The molecule has 1 aliphatic rings. The number of hydrogen-bond donors (Lipinski definition) is 1. The maximum absolute atomic E-state index is 11.9. The van der Waals surface area contributed by atoms with Crippen LogP contribution < -0.4 is 5.11 Å². The summed E-state index contributed by atoms with van der Waals surface area (Å²) in [7, 11) is 2.32. The summed E-state index contributed by atoms with van der Waals surface area (Å²) in [6, 6.07) is 0. The van der Waals surface area contributed by atoms with Gasteiger partial charge in [0.15, 0.2) is 0 Å². The average Bonchev–Trinajstić information content (AvgIpc) is 2.56. The molecular weight excluding hydrogens is 415 g/mol. The van der Waals surface area contributed by atoms with Crippen molar-refractivity contribution in [1.29, 1.82) is 5.41 Å². The van der Waals surface area contributed by atoms with E-state index in [4.69, 9.17) is 10.1 Å². The molecule has 0 amide bonds. The van der Waals surface area contributed by atoms with Crippen molar-refractivity contribution in [2.45, 2.75) is 46.0 Å². The van der Waals surface area contributed by atoms with Crippen LogP contribution >= 0.6 is 24.0 Å². The molecule has 1 N–H and O–H groups in total. The van der Waals surface area contributed by atoms with Gasteiger partial charge in [-0.1, -0.05) is 38.8 Å². The second kappa shape index (κ2) is 12.5. The summed E-state index contributed by atoms with van der Waals surface area (Å²) >= 11 is 0. The molecule has 1 rings (SSSR count). The third-order valence-electron chi connectivity index (χ3n) is 4.30. The topological polar surface area (TPSA) is 56.1 Å². The van der Waals surface area contributed by atoms with Crippen LogP contribution in [0.15, 0.2) is 35.8 Å². The Kier molecular flexibility index (Phi) is 12.1. The first-order chi connectivity index (χ1) is 11.0. The van der Waals surface area contributed by atoms with Crippen LogP contribution in [0.5, 0.6) is 0 Å². The van der Waals surface area contributed by atoms with Crippen LogP contribution in [0.25, 0.3) is 0 Å². The van der Waals surface area contributed by atoms with Crippen molar-refractivity contribution in [2.75, 3.05) is 33.3 Å². The van der Waals surface area contributed by atoms with Crippen molar-refractivity contribution in [2.24, 2.45) is 0 Å². The van der Waals surface area contributed by atoms with Crippen LogP contribution in [0.1, 0.15) is 46.0 Å². The quantitative estimate of drug-likeness (QED) is 0.226. The number of nitrogens with one attached hydrogen (secondary N) is 1. The van der Waals surface area contributed by atoms with Crippen LogP contribution in [0, 0.1) is 5.41 Å². The summed E-state index contributed by atoms with van der Waals surface area (Å²) in [6.07, 6.45) is 12.4. The number of allylic oxidation sites excluding steroid dienone is 5. The number of hydrogen-bond acceptors (Lipinski definition) is 3. The summed E-state index contributed by atoms with van der Waals surface area (Å²) in [5.74, 6) is -0.290. The summed E-state index contributed by atoms with van der Waals surface area (Å²) in [5, 5.41) is 19.4.